The zero-order chi connectivity index (χ0) is 21.2. The molecule has 0 spiro atoms. The molecule has 5 rings (SSSR count). The highest BCUT2D eigenvalue weighted by atomic mass is 32.1. The van der Waals surface area contributed by atoms with Crippen LogP contribution in [0.25, 0.3) is 32.6 Å². The molecule has 0 aliphatic carbocycles. The largest absolute Gasteiger partial charge is 0.322 e. The van der Waals surface area contributed by atoms with Crippen LogP contribution >= 0.6 is 11.3 Å². The van der Waals surface area contributed by atoms with Gasteiger partial charge in [-0.15, -0.1) is 11.3 Å². The van der Waals surface area contributed by atoms with Gasteiger partial charge in [-0.2, -0.15) is 0 Å². The molecular weight excluding hydrogens is 400 g/mol. The van der Waals surface area contributed by atoms with Gasteiger partial charge in [0.05, 0.1) is 5.69 Å². The van der Waals surface area contributed by atoms with Gasteiger partial charge in [0.2, 0.25) is 0 Å². The van der Waals surface area contributed by atoms with E-state index in [9.17, 15) is 4.79 Å². The van der Waals surface area contributed by atoms with Crippen LogP contribution in [0.4, 0.5) is 5.69 Å². The van der Waals surface area contributed by atoms with Gasteiger partial charge in [0, 0.05) is 27.8 Å². The summed E-state index contributed by atoms with van der Waals surface area (Å²) in [6, 6.07) is 29.8. The van der Waals surface area contributed by atoms with E-state index in [1.54, 1.807) is 11.3 Å². The molecule has 150 valence electrons. The molecule has 1 aromatic heterocycles. The third kappa shape index (κ3) is 3.86. The number of nitrogens with one attached hydrogen (secondary N) is 1. The predicted octanol–water partition coefficient (Wildman–Crippen LogP) is 7.19. The molecule has 0 unspecified atom stereocenters. The number of aryl methyl sites for hydroxylation is 1. The van der Waals surface area contributed by atoms with Crippen molar-refractivity contribution in [2.45, 2.75) is 6.92 Å². The summed E-state index contributed by atoms with van der Waals surface area (Å²) < 4.78 is 0. The first-order valence-electron chi connectivity index (χ1n) is 10.1. The Balaban J connectivity index is 1.36. The second-order valence-electron chi connectivity index (χ2n) is 7.41. The number of thiazole rings is 1. The maximum atomic E-state index is 12.9. The van der Waals surface area contributed by atoms with Crippen LogP contribution in [0.2, 0.25) is 0 Å². The molecule has 5 aromatic rings. The summed E-state index contributed by atoms with van der Waals surface area (Å²) in [6.07, 6.45) is 0. The van der Waals surface area contributed by atoms with Crippen LogP contribution in [-0.2, 0) is 0 Å². The van der Waals surface area contributed by atoms with Crippen molar-refractivity contribution in [2.75, 3.05) is 5.32 Å². The maximum Gasteiger partial charge on any atom is 0.256 e. The van der Waals surface area contributed by atoms with E-state index in [4.69, 9.17) is 4.98 Å². The fourth-order valence-corrected chi connectivity index (χ4v) is 4.61. The fourth-order valence-electron chi connectivity index (χ4n) is 3.69. The summed E-state index contributed by atoms with van der Waals surface area (Å²) in [7, 11) is 0. The highest BCUT2D eigenvalue weighted by Gasteiger charge is 2.11. The normalized spacial score (nSPS) is 10.9. The molecule has 1 amide bonds. The molecule has 4 heteroatoms. The Morgan fingerprint density at radius 1 is 0.839 bits per heavy atom. The van der Waals surface area contributed by atoms with Gasteiger partial charge in [-0.1, -0.05) is 72.8 Å². The van der Waals surface area contributed by atoms with Crippen LogP contribution in [0.5, 0.6) is 0 Å². The first-order valence-corrected chi connectivity index (χ1v) is 11.0. The molecule has 3 nitrogen and oxygen atoms in total. The number of benzene rings is 4. The average molecular weight is 421 g/mol. The molecule has 0 atom stereocenters. The van der Waals surface area contributed by atoms with Crippen molar-refractivity contribution in [1.29, 1.82) is 0 Å². The standard InChI is InChI=1S/C27H20N2OS/c1-18-7-2-4-10-22(18)27-29-25(17-31-27)20-13-15-21(16-14-20)28-26(30)24-12-6-9-19-8-3-5-11-23(19)24/h2-17H,1H3,(H,28,30). The maximum absolute atomic E-state index is 12.9. The SMILES string of the molecule is Cc1ccccc1-c1nc(-c2ccc(NC(=O)c3cccc4ccccc34)cc2)cs1. The summed E-state index contributed by atoms with van der Waals surface area (Å²) in [5.74, 6) is -0.111. The fraction of sp³-hybridized carbons (Fsp3) is 0.0370. The zero-order valence-electron chi connectivity index (χ0n) is 17.0. The summed E-state index contributed by atoms with van der Waals surface area (Å²) in [5, 5.41) is 8.10. The monoisotopic (exact) mass is 420 g/mol. The molecule has 0 aliphatic rings. The van der Waals surface area contributed by atoms with Gasteiger partial charge in [0.15, 0.2) is 0 Å². The van der Waals surface area contributed by atoms with Crippen LogP contribution in [-0.4, -0.2) is 10.9 Å². The third-order valence-corrected chi connectivity index (χ3v) is 6.23. The minimum absolute atomic E-state index is 0.111. The van der Waals surface area contributed by atoms with E-state index in [0.717, 1.165) is 38.3 Å². The average Bonchev–Trinajstić information content (AvgIpc) is 3.29. The number of amides is 1. The van der Waals surface area contributed by atoms with Crippen LogP contribution in [0.3, 0.4) is 0 Å². The number of carbonyl (C=O) groups is 1. The molecule has 0 bridgehead atoms. The molecule has 0 saturated heterocycles. The smallest absolute Gasteiger partial charge is 0.256 e. The molecule has 0 saturated carbocycles. The Bertz CT molecular complexity index is 1380. The molecule has 0 fully saturated rings. The lowest BCUT2D eigenvalue weighted by Gasteiger charge is -2.08. The Morgan fingerprint density at radius 2 is 1.58 bits per heavy atom. The van der Waals surface area contributed by atoms with E-state index in [-0.39, 0.29) is 5.91 Å². The van der Waals surface area contributed by atoms with Crippen LogP contribution in [0.15, 0.2) is 96.4 Å². The number of anilines is 1. The van der Waals surface area contributed by atoms with Gasteiger partial charge in [0.1, 0.15) is 5.01 Å². The lowest BCUT2D eigenvalue weighted by molar-refractivity contribution is 0.102. The number of nitrogens with zero attached hydrogens (tertiary/aromatic N) is 1. The topological polar surface area (TPSA) is 42.0 Å². The van der Waals surface area contributed by atoms with Crippen molar-refractivity contribution in [3.05, 3.63) is 108 Å². The lowest BCUT2D eigenvalue weighted by Crippen LogP contribution is -2.12. The van der Waals surface area contributed by atoms with E-state index < -0.39 is 0 Å². The molecule has 0 aliphatic heterocycles. The number of carbonyl (C=O) groups excluding carboxylic acids is 1. The van der Waals surface area contributed by atoms with Gasteiger partial charge >= 0.3 is 0 Å². The Morgan fingerprint density at radius 3 is 2.42 bits per heavy atom. The van der Waals surface area contributed by atoms with Crippen LogP contribution < -0.4 is 5.32 Å². The minimum Gasteiger partial charge on any atom is -0.322 e. The van der Waals surface area contributed by atoms with Crippen molar-refractivity contribution in [2.24, 2.45) is 0 Å². The van der Waals surface area contributed by atoms with Gasteiger partial charge in [-0.25, -0.2) is 4.98 Å². The third-order valence-electron chi connectivity index (χ3n) is 5.35. The van der Waals surface area contributed by atoms with Crippen molar-refractivity contribution < 1.29 is 4.79 Å². The Kier molecular flexibility index (Phi) is 5.06. The highest BCUT2D eigenvalue weighted by Crippen LogP contribution is 2.31. The first kappa shape index (κ1) is 19.2. The van der Waals surface area contributed by atoms with Crippen molar-refractivity contribution in [3.8, 4) is 21.8 Å². The van der Waals surface area contributed by atoms with E-state index in [2.05, 4.69) is 29.8 Å². The van der Waals surface area contributed by atoms with E-state index >= 15 is 0 Å². The number of hydrogen-bond donors (Lipinski definition) is 1. The van der Waals surface area contributed by atoms with Crippen molar-refractivity contribution >= 4 is 33.7 Å². The Labute approximate surface area is 185 Å². The quantitative estimate of drug-likeness (QED) is 0.334. The minimum atomic E-state index is -0.111. The van der Waals surface area contributed by atoms with Gasteiger partial charge in [-0.3, -0.25) is 4.79 Å². The van der Waals surface area contributed by atoms with E-state index in [1.165, 1.54) is 5.56 Å². The molecular formula is C27H20N2OS. The summed E-state index contributed by atoms with van der Waals surface area (Å²) in [4.78, 5) is 17.7. The van der Waals surface area contributed by atoms with E-state index in [1.807, 2.05) is 78.9 Å². The van der Waals surface area contributed by atoms with Crippen molar-refractivity contribution in [1.82, 2.24) is 4.98 Å². The summed E-state index contributed by atoms with van der Waals surface area (Å²) in [5.41, 5.74) is 5.78. The molecule has 31 heavy (non-hydrogen) atoms. The number of aromatic nitrogens is 1. The second kappa shape index (κ2) is 8.17. The van der Waals surface area contributed by atoms with E-state index in [0.29, 0.717) is 5.56 Å². The number of rotatable bonds is 4. The predicted molar refractivity (Wildman–Crippen MR) is 130 cm³/mol. The van der Waals surface area contributed by atoms with Gasteiger partial charge in [-0.05, 0) is 41.5 Å². The summed E-state index contributed by atoms with van der Waals surface area (Å²) >= 11 is 1.64. The number of hydrogen-bond acceptors (Lipinski definition) is 3. The molecule has 1 N–H and O–H groups in total. The summed E-state index contributed by atoms with van der Waals surface area (Å²) in [6.45, 7) is 2.10. The molecule has 0 radical (unpaired) electrons. The van der Waals surface area contributed by atoms with Gasteiger partial charge in [0.25, 0.3) is 5.91 Å². The second-order valence-corrected chi connectivity index (χ2v) is 8.27. The first-order chi connectivity index (χ1) is 15.2. The van der Waals surface area contributed by atoms with Crippen LogP contribution in [0.1, 0.15) is 15.9 Å². The van der Waals surface area contributed by atoms with Crippen molar-refractivity contribution in [3.63, 3.8) is 0 Å². The van der Waals surface area contributed by atoms with Crippen LogP contribution in [0, 0.1) is 6.92 Å². The molecule has 1 heterocycles. The van der Waals surface area contributed by atoms with Gasteiger partial charge < -0.3 is 5.32 Å². The molecule has 4 aromatic carbocycles. The highest BCUT2D eigenvalue weighted by molar-refractivity contribution is 7.13. The Hall–Kier alpha value is -3.76. The number of fused-ring (bicyclic) bond motifs is 1. The lowest BCUT2D eigenvalue weighted by atomic mass is 10.0. The zero-order valence-corrected chi connectivity index (χ0v) is 17.8.